The van der Waals surface area contributed by atoms with Gasteiger partial charge in [0.1, 0.15) is 11.6 Å². The Hall–Kier alpha value is -2.96. The second kappa shape index (κ2) is 5.80. The van der Waals surface area contributed by atoms with Gasteiger partial charge in [-0.1, -0.05) is 0 Å². The van der Waals surface area contributed by atoms with Crippen LogP contribution in [-0.2, 0) is 4.79 Å². The Morgan fingerprint density at radius 1 is 1.41 bits per heavy atom. The van der Waals surface area contributed by atoms with Crippen molar-refractivity contribution in [3.63, 3.8) is 0 Å². The van der Waals surface area contributed by atoms with E-state index >= 15 is 0 Å². The van der Waals surface area contributed by atoms with Crippen LogP contribution >= 0.6 is 0 Å². The molecular formula is C15H13FN4O2. The van der Waals surface area contributed by atoms with Crippen LogP contribution in [0.15, 0.2) is 42.9 Å². The number of carbonyl (C=O) groups is 1. The lowest BCUT2D eigenvalue weighted by molar-refractivity contribution is -0.118. The smallest absolute Gasteiger partial charge is 0.263 e. The molecule has 0 saturated carbocycles. The Labute approximate surface area is 125 Å². The third-order valence-corrected chi connectivity index (χ3v) is 2.92. The van der Waals surface area contributed by atoms with Crippen molar-refractivity contribution in [3.8, 4) is 5.75 Å². The predicted molar refractivity (Wildman–Crippen MR) is 78.2 cm³/mol. The Bertz CT molecular complexity index is 814. The molecule has 1 N–H and O–H groups in total. The van der Waals surface area contributed by atoms with Crippen molar-refractivity contribution in [2.45, 2.75) is 6.92 Å². The summed E-state index contributed by atoms with van der Waals surface area (Å²) in [5, 5.41) is 2.52. The molecular weight excluding hydrogens is 287 g/mol. The van der Waals surface area contributed by atoms with E-state index in [1.807, 2.05) is 29.8 Å². The quantitative estimate of drug-likeness (QED) is 0.802. The van der Waals surface area contributed by atoms with Crippen LogP contribution in [0.1, 0.15) is 5.69 Å². The summed E-state index contributed by atoms with van der Waals surface area (Å²) in [7, 11) is 0. The van der Waals surface area contributed by atoms with Crippen molar-refractivity contribution in [1.29, 1.82) is 0 Å². The summed E-state index contributed by atoms with van der Waals surface area (Å²) >= 11 is 0. The van der Waals surface area contributed by atoms with Gasteiger partial charge in [-0.05, 0) is 31.2 Å². The average Bonchev–Trinajstić information content (AvgIpc) is 2.88. The molecule has 0 atom stereocenters. The summed E-state index contributed by atoms with van der Waals surface area (Å²) < 4.78 is 20.1. The molecule has 3 aromatic rings. The number of halogens is 1. The summed E-state index contributed by atoms with van der Waals surface area (Å²) in [6.07, 6.45) is 4.75. The van der Waals surface area contributed by atoms with Crippen molar-refractivity contribution >= 4 is 17.4 Å². The van der Waals surface area contributed by atoms with Crippen LogP contribution in [0.25, 0.3) is 5.65 Å². The summed E-state index contributed by atoms with van der Waals surface area (Å²) in [6.45, 7) is 1.69. The minimum atomic E-state index is -0.462. The molecule has 0 aliphatic carbocycles. The van der Waals surface area contributed by atoms with Crippen LogP contribution < -0.4 is 10.1 Å². The largest absolute Gasteiger partial charge is 0.480 e. The molecule has 0 aliphatic rings. The molecule has 3 rings (SSSR count). The van der Waals surface area contributed by atoms with Crippen molar-refractivity contribution < 1.29 is 13.9 Å². The first-order valence-corrected chi connectivity index (χ1v) is 6.60. The molecule has 0 radical (unpaired) electrons. The minimum absolute atomic E-state index is 0.190. The zero-order chi connectivity index (χ0) is 15.5. The number of pyridine rings is 2. The van der Waals surface area contributed by atoms with Crippen LogP contribution in [0.5, 0.6) is 5.75 Å². The average molecular weight is 300 g/mol. The number of hydrogen-bond donors (Lipinski definition) is 1. The summed E-state index contributed by atoms with van der Waals surface area (Å²) in [5.74, 6) is -0.0670. The molecule has 1 amide bonds. The van der Waals surface area contributed by atoms with Crippen molar-refractivity contribution in [2.24, 2.45) is 0 Å². The Balaban J connectivity index is 1.66. The first-order valence-electron chi connectivity index (χ1n) is 6.60. The van der Waals surface area contributed by atoms with Crippen molar-refractivity contribution in [3.05, 3.63) is 54.4 Å². The van der Waals surface area contributed by atoms with Crippen LogP contribution in [0.2, 0.25) is 0 Å². The maximum absolute atomic E-state index is 12.7. The van der Waals surface area contributed by atoms with Gasteiger partial charge in [0.15, 0.2) is 18.0 Å². The molecule has 0 bridgehead atoms. The van der Waals surface area contributed by atoms with Crippen LogP contribution in [0.4, 0.5) is 10.2 Å². The first-order chi connectivity index (χ1) is 10.6. The van der Waals surface area contributed by atoms with E-state index in [0.29, 0.717) is 11.4 Å². The zero-order valence-electron chi connectivity index (χ0n) is 11.8. The highest BCUT2D eigenvalue weighted by molar-refractivity contribution is 5.91. The zero-order valence-corrected chi connectivity index (χ0v) is 11.8. The van der Waals surface area contributed by atoms with Gasteiger partial charge < -0.3 is 14.5 Å². The molecule has 6 nitrogen and oxygen atoms in total. The van der Waals surface area contributed by atoms with E-state index in [1.165, 1.54) is 12.1 Å². The molecule has 0 aromatic carbocycles. The number of anilines is 1. The number of fused-ring (bicyclic) bond motifs is 1. The summed E-state index contributed by atoms with van der Waals surface area (Å²) in [5.41, 5.74) is 1.50. The number of amides is 1. The molecule has 112 valence electrons. The molecule has 0 unspecified atom stereocenters. The normalized spacial score (nSPS) is 10.6. The van der Waals surface area contributed by atoms with Crippen LogP contribution in [0.3, 0.4) is 0 Å². The number of nitrogens with zero attached hydrogens (tertiary/aromatic N) is 3. The summed E-state index contributed by atoms with van der Waals surface area (Å²) in [6, 6.07) is 6.15. The number of rotatable bonds is 4. The van der Waals surface area contributed by atoms with E-state index in [-0.39, 0.29) is 18.3 Å². The Morgan fingerprint density at radius 2 is 2.27 bits per heavy atom. The molecule has 3 aromatic heterocycles. The SMILES string of the molecule is Cc1cn2cccc(OCC(=O)Nc3ccc(F)cn3)c2n1. The number of ether oxygens (including phenoxy) is 1. The lowest BCUT2D eigenvalue weighted by Gasteiger charge is -2.07. The third-order valence-electron chi connectivity index (χ3n) is 2.92. The lowest BCUT2D eigenvalue weighted by atomic mass is 10.4. The second-order valence-corrected chi connectivity index (χ2v) is 4.68. The third kappa shape index (κ3) is 3.03. The Morgan fingerprint density at radius 3 is 3.05 bits per heavy atom. The minimum Gasteiger partial charge on any atom is -0.480 e. The highest BCUT2D eigenvalue weighted by Crippen LogP contribution is 2.18. The van der Waals surface area contributed by atoms with Gasteiger partial charge in [0.2, 0.25) is 0 Å². The topological polar surface area (TPSA) is 68.5 Å². The molecule has 0 spiro atoms. The van der Waals surface area contributed by atoms with E-state index < -0.39 is 5.82 Å². The van der Waals surface area contributed by atoms with Gasteiger partial charge in [-0.25, -0.2) is 14.4 Å². The van der Waals surface area contributed by atoms with Gasteiger partial charge in [0.25, 0.3) is 5.91 Å². The van der Waals surface area contributed by atoms with E-state index in [0.717, 1.165) is 11.9 Å². The van der Waals surface area contributed by atoms with Gasteiger partial charge in [-0.3, -0.25) is 4.79 Å². The maximum Gasteiger partial charge on any atom is 0.263 e. The van der Waals surface area contributed by atoms with Gasteiger partial charge >= 0.3 is 0 Å². The van der Waals surface area contributed by atoms with E-state index in [2.05, 4.69) is 15.3 Å². The summed E-state index contributed by atoms with van der Waals surface area (Å²) in [4.78, 5) is 19.9. The lowest BCUT2D eigenvalue weighted by Crippen LogP contribution is -2.21. The predicted octanol–water partition coefficient (Wildman–Crippen LogP) is 2.19. The van der Waals surface area contributed by atoms with Gasteiger partial charge in [-0.2, -0.15) is 0 Å². The molecule has 3 heterocycles. The highest BCUT2D eigenvalue weighted by Gasteiger charge is 2.09. The number of aromatic nitrogens is 3. The van der Waals surface area contributed by atoms with E-state index in [4.69, 9.17) is 4.74 Å². The Kier molecular flexibility index (Phi) is 3.69. The number of carbonyl (C=O) groups excluding carboxylic acids is 1. The molecule has 22 heavy (non-hydrogen) atoms. The van der Waals surface area contributed by atoms with E-state index in [9.17, 15) is 9.18 Å². The fourth-order valence-corrected chi connectivity index (χ4v) is 1.99. The molecule has 0 fully saturated rings. The fourth-order valence-electron chi connectivity index (χ4n) is 1.99. The first kappa shape index (κ1) is 14.0. The van der Waals surface area contributed by atoms with Crippen LogP contribution in [0, 0.1) is 12.7 Å². The fraction of sp³-hybridized carbons (Fsp3) is 0.133. The highest BCUT2D eigenvalue weighted by atomic mass is 19.1. The molecule has 0 saturated heterocycles. The van der Waals surface area contributed by atoms with Gasteiger partial charge in [-0.15, -0.1) is 0 Å². The van der Waals surface area contributed by atoms with Crippen molar-refractivity contribution in [2.75, 3.05) is 11.9 Å². The van der Waals surface area contributed by atoms with Gasteiger partial charge in [0, 0.05) is 12.4 Å². The standard InChI is InChI=1S/C15H13FN4O2/c1-10-8-20-6-2-3-12(15(20)18-10)22-9-14(21)19-13-5-4-11(16)7-17-13/h2-8H,9H2,1H3,(H,17,19,21). The second-order valence-electron chi connectivity index (χ2n) is 4.68. The number of aryl methyl sites for hydroxylation is 1. The van der Waals surface area contributed by atoms with Crippen molar-refractivity contribution in [1.82, 2.24) is 14.4 Å². The van der Waals surface area contributed by atoms with E-state index in [1.54, 1.807) is 6.07 Å². The monoisotopic (exact) mass is 300 g/mol. The molecule has 0 aliphatic heterocycles. The number of imidazole rings is 1. The number of hydrogen-bond acceptors (Lipinski definition) is 4. The maximum atomic E-state index is 12.7. The number of nitrogens with one attached hydrogen (secondary N) is 1. The van der Waals surface area contributed by atoms with Gasteiger partial charge in [0.05, 0.1) is 11.9 Å². The van der Waals surface area contributed by atoms with Crippen LogP contribution in [-0.4, -0.2) is 26.9 Å². The molecule has 7 heteroatoms.